The molecule has 0 spiro atoms. The summed E-state index contributed by atoms with van der Waals surface area (Å²) >= 11 is 0. The van der Waals surface area contributed by atoms with E-state index < -0.39 is 24.0 Å². The highest BCUT2D eigenvalue weighted by atomic mass is 16.5. The summed E-state index contributed by atoms with van der Waals surface area (Å²) < 4.78 is 9.57. The molecule has 2 unspecified atom stereocenters. The number of carbonyl (C=O) groups is 3. The molecule has 1 rings (SSSR count). The van der Waals surface area contributed by atoms with Crippen molar-refractivity contribution in [3.8, 4) is 0 Å². The maximum Gasteiger partial charge on any atom is 0.407 e. The van der Waals surface area contributed by atoms with Crippen LogP contribution in [0.2, 0.25) is 0 Å². The lowest BCUT2D eigenvalue weighted by molar-refractivity contribution is -0.152. The summed E-state index contributed by atoms with van der Waals surface area (Å²) in [6.45, 7) is 4.95. The molecule has 6 heteroatoms. The molecule has 120 valence electrons. The Labute approximate surface area is 129 Å². The number of nitrogens with one attached hydrogen (secondary N) is 1. The van der Waals surface area contributed by atoms with Crippen LogP contribution in [0.1, 0.15) is 31.0 Å². The van der Waals surface area contributed by atoms with E-state index in [2.05, 4.69) is 10.1 Å². The predicted octanol–water partition coefficient (Wildman–Crippen LogP) is 2.16. The fourth-order valence-corrected chi connectivity index (χ4v) is 2.23. The van der Waals surface area contributed by atoms with Crippen LogP contribution in [0, 0.1) is 12.8 Å². The Hall–Kier alpha value is -2.37. The number of carbonyl (C=O) groups excluding carboxylic acids is 3. The highest BCUT2D eigenvalue weighted by molar-refractivity contribution is 5.99. The van der Waals surface area contributed by atoms with Gasteiger partial charge in [-0.2, -0.15) is 0 Å². The van der Waals surface area contributed by atoms with Crippen molar-refractivity contribution in [3.63, 3.8) is 0 Å². The van der Waals surface area contributed by atoms with Crippen LogP contribution in [-0.4, -0.2) is 31.6 Å². The molecule has 0 aliphatic heterocycles. The number of alkyl carbamates (subject to hydrolysis) is 1. The zero-order valence-electron chi connectivity index (χ0n) is 13.2. The third-order valence-electron chi connectivity index (χ3n) is 3.29. The van der Waals surface area contributed by atoms with Crippen molar-refractivity contribution in [1.29, 1.82) is 0 Å². The minimum Gasteiger partial charge on any atom is -0.465 e. The molecule has 1 amide bonds. The maximum atomic E-state index is 12.1. The van der Waals surface area contributed by atoms with Gasteiger partial charge in [-0.15, -0.1) is 0 Å². The summed E-state index contributed by atoms with van der Waals surface area (Å²) in [5.74, 6) is -2.18. The van der Waals surface area contributed by atoms with Gasteiger partial charge >= 0.3 is 12.1 Å². The number of hydrogen-bond donors (Lipinski definition) is 1. The number of esters is 1. The largest absolute Gasteiger partial charge is 0.465 e. The fourth-order valence-electron chi connectivity index (χ4n) is 2.23. The van der Waals surface area contributed by atoms with Gasteiger partial charge in [0.25, 0.3) is 0 Å². The first-order valence-corrected chi connectivity index (χ1v) is 6.99. The summed E-state index contributed by atoms with van der Waals surface area (Å²) in [7, 11) is 1.22. The molecule has 6 nitrogen and oxygen atoms in total. The Morgan fingerprint density at radius 2 is 1.86 bits per heavy atom. The van der Waals surface area contributed by atoms with Crippen molar-refractivity contribution in [1.82, 2.24) is 5.32 Å². The van der Waals surface area contributed by atoms with Gasteiger partial charge in [-0.25, -0.2) is 4.79 Å². The minimum atomic E-state index is -1.12. The predicted molar refractivity (Wildman–Crippen MR) is 80.3 cm³/mol. The van der Waals surface area contributed by atoms with Crippen molar-refractivity contribution in [2.45, 2.75) is 26.8 Å². The quantitative estimate of drug-likeness (QED) is 0.643. The van der Waals surface area contributed by atoms with Gasteiger partial charge in [-0.3, -0.25) is 9.59 Å². The van der Waals surface area contributed by atoms with Crippen molar-refractivity contribution in [3.05, 3.63) is 35.4 Å². The van der Waals surface area contributed by atoms with E-state index in [0.29, 0.717) is 5.56 Å². The smallest absolute Gasteiger partial charge is 0.407 e. The number of methoxy groups -OCH3 is 1. The van der Waals surface area contributed by atoms with Crippen LogP contribution < -0.4 is 5.32 Å². The second kappa shape index (κ2) is 8.17. The Morgan fingerprint density at radius 3 is 2.36 bits per heavy atom. The molecule has 2 atom stereocenters. The molecule has 0 heterocycles. The number of ether oxygens (including phenoxy) is 2. The molecular formula is C16H21NO5. The average molecular weight is 307 g/mol. The number of hydrogen-bond acceptors (Lipinski definition) is 5. The van der Waals surface area contributed by atoms with E-state index in [-0.39, 0.29) is 12.4 Å². The third-order valence-corrected chi connectivity index (χ3v) is 3.29. The van der Waals surface area contributed by atoms with Gasteiger partial charge in [-0.05, 0) is 31.9 Å². The number of Topliss-reactive ketones (excluding diaryl/α,β-unsaturated/α-hetero) is 1. The molecule has 0 aliphatic rings. The van der Waals surface area contributed by atoms with Crippen molar-refractivity contribution < 1.29 is 23.9 Å². The normalized spacial score (nSPS) is 12.9. The Morgan fingerprint density at radius 1 is 1.23 bits per heavy atom. The molecule has 0 saturated heterocycles. The van der Waals surface area contributed by atoms with Gasteiger partial charge in [0.2, 0.25) is 0 Å². The summed E-state index contributed by atoms with van der Waals surface area (Å²) in [5, 5.41) is 2.56. The monoisotopic (exact) mass is 307 g/mol. The summed E-state index contributed by atoms with van der Waals surface area (Å²) in [6.07, 6.45) is -0.719. The summed E-state index contributed by atoms with van der Waals surface area (Å²) in [5.41, 5.74) is 1.51. The lowest BCUT2D eigenvalue weighted by Gasteiger charge is -2.26. The summed E-state index contributed by atoms with van der Waals surface area (Å²) in [4.78, 5) is 35.7. The number of aryl methyl sites for hydroxylation is 1. The molecule has 0 aliphatic carbocycles. The molecule has 1 aromatic carbocycles. The van der Waals surface area contributed by atoms with E-state index in [4.69, 9.17) is 4.74 Å². The van der Waals surface area contributed by atoms with Gasteiger partial charge in [0.1, 0.15) is 11.7 Å². The molecule has 22 heavy (non-hydrogen) atoms. The first-order valence-electron chi connectivity index (χ1n) is 6.99. The van der Waals surface area contributed by atoms with Gasteiger partial charge in [0.15, 0.2) is 0 Å². The van der Waals surface area contributed by atoms with Crippen LogP contribution in [0.3, 0.4) is 0 Å². The molecule has 1 aromatic rings. The Bertz CT molecular complexity index is 555. The molecule has 0 saturated carbocycles. The lowest BCUT2D eigenvalue weighted by atomic mass is 9.88. The van der Waals surface area contributed by atoms with E-state index in [1.807, 2.05) is 19.1 Å². The minimum absolute atomic E-state index is 0.154. The molecule has 0 aromatic heterocycles. The van der Waals surface area contributed by atoms with Crippen LogP contribution in [0.15, 0.2) is 24.3 Å². The fraction of sp³-hybridized carbons (Fsp3) is 0.438. The average Bonchev–Trinajstić information content (AvgIpc) is 2.46. The molecule has 0 fully saturated rings. The highest BCUT2D eigenvalue weighted by Gasteiger charge is 2.36. The van der Waals surface area contributed by atoms with E-state index in [1.165, 1.54) is 14.0 Å². The van der Waals surface area contributed by atoms with Gasteiger partial charge in [0.05, 0.1) is 19.8 Å². The van der Waals surface area contributed by atoms with Crippen molar-refractivity contribution in [2.24, 2.45) is 5.92 Å². The van der Waals surface area contributed by atoms with Crippen LogP contribution >= 0.6 is 0 Å². The van der Waals surface area contributed by atoms with Crippen molar-refractivity contribution >= 4 is 17.8 Å². The van der Waals surface area contributed by atoms with Crippen molar-refractivity contribution in [2.75, 3.05) is 13.7 Å². The van der Waals surface area contributed by atoms with Crippen LogP contribution in [0.25, 0.3) is 0 Å². The van der Waals surface area contributed by atoms with Gasteiger partial charge in [-0.1, -0.05) is 24.3 Å². The zero-order valence-corrected chi connectivity index (χ0v) is 13.2. The number of rotatable bonds is 6. The van der Waals surface area contributed by atoms with E-state index in [0.717, 1.165) is 5.56 Å². The number of amides is 1. The van der Waals surface area contributed by atoms with E-state index in [1.54, 1.807) is 19.1 Å². The Kier molecular flexibility index (Phi) is 6.56. The SMILES string of the molecule is CCOC(=O)C(C(C)=O)C(NC(=O)OC)c1ccccc1C. The zero-order chi connectivity index (χ0) is 16.7. The van der Waals surface area contributed by atoms with E-state index in [9.17, 15) is 14.4 Å². The first-order chi connectivity index (χ1) is 10.4. The van der Waals surface area contributed by atoms with E-state index >= 15 is 0 Å². The standard InChI is InChI=1S/C16H21NO5/c1-5-22-15(19)13(11(3)18)14(17-16(20)21-4)12-9-7-6-8-10(12)2/h6-9,13-14H,5H2,1-4H3,(H,17,20). The lowest BCUT2D eigenvalue weighted by Crippen LogP contribution is -2.41. The molecule has 0 radical (unpaired) electrons. The van der Waals surface area contributed by atoms with Crippen LogP contribution in [0.4, 0.5) is 4.79 Å². The van der Waals surface area contributed by atoms with Crippen LogP contribution in [-0.2, 0) is 19.1 Å². The molecule has 1 N–H and O–H groups in total. The number of benzene rings is 1. The first kappa shape index (κ1) is 17.7. The second-order valence-corrected chi connectivity index (χ2v) is 4.81. The molecular weight excluding hydrogens is 286 g/mol. The van der Waals surface area contributed by atoms with Gasteiger partial charge in [0, 0.05) is 0 Å². The highest BCUT2D eigenvalue weighted by Crippen LogP contribution is 2.27. The second-order valence-electron chi connectivity index (χ2n) is 4.81. The van der Waals surface area contributed by atoms with Gasteiger partial charge < -0.3 is 14.8 Å². The maximum absolute atomic E-state index is 12.1. The summed E-state index contributed by atoms with van der Waals surface area (Å²) in [6, 6.07) is 6.36. The Balaban J connectivity index is 3.28. The topological polar surface area (TPSA) is 81.7 Å². The molecule has 0 bridgehead atoms. The third kappa shape index (κ3) is 4.31. The number of ketones is 1. The van der Waals surface area contributed by atoms with Crippen LogP contribution in [0.5, 0.6) is 0 Å².